The molecule has 4 aromatic rings. The number of amides is 2. The van der Waals surface area contributed by atoms with Crippen molar-refractivity contribution in [2.45, 2.75) is 32.0 Å². The number of aromatic nitrogens is 2. The van der Waals surface area contributed by atoms with Crippen LogP contribution in [0.3, 0.4) is 0 Å². The molecule has 2 amide bonds. The number of carbonyl (C=O) groups is 2. The maximum atomic E-state index is 13.9. The van der Waals surface area contributed by atoms with Gasteiger partial charge in [0, 0.05) is 22.5 Å². The lowest BCUT2D eigenvalue weighted by Gasteiger charge is -2.38. The minimum atomic E-state index is -4.59. The number of likely N-dealkylation sites (N-methyl/N-ethyl adjacent to an activating group) is 1. The van der Waals surface area contributed by atoms with Gasteiger partial charge in [-0.1, -0.05) is 30.3 Å². The molecule has 5 rings (SSSR count). The lowest BCUT2D eigenvalue weighted by atomic mass is 9.85. The highest BCUT2D eigenvalue weighted by Crippen LogP contribution is 2.44. The van der Waals surface area contributed by atoms with Gasteiger partial charge in [0.2, 0.25) is 0 Å². The largest absolute Gasteiger partial charge is 0.416 e. The van der Waals surface area contributed by atoms with E-state index in [1.165, 1.54) is 23.5 Å². The molecule has 0 saturated carbocycles. The Kier molecular flexibility index (Phi) is 6.36. The number of benzene rings is 2. The van der Waals surface area contributed by atoms with Crippen molar-refractivity contribution >= 4 is 29.0 Å². The zero-order valence-corrected chi connectivity index (χ0v) is 20.8. The number of halogens is 3. The third kappa shape index (κ3) is 4.42. The molecule has 1 aliphatic rings. The SMILES string of the molecule is CCN1C(=O)C(NC(=O)c2cccc(C(F)(F)F)c2)C(c2cccs2)c2c(C)nn(-c3ccccc3)c21. The third-order valence-corrected chi connectivity index (χ3v) is 7.37. The number of thiophene rings is 1. The highest BCUT2D eigenvalue weighted by Gasteiger charge is 2.46. The van der Waals surface area contributed by atoms with Crippen LogP contribution in [0.15, 0.2) is 72.1 Å². The fourth-order valence-electron chi connectivity index (χ4n) is 4.77. The third-order valence-electron chi connectivity index (χ3n) is 6.42. The second-order valence-electron chi connectivity index (χ2n) is 8.68. The number of anilines is 1. The second-order valence-corrected chi connectivity index (χ2v) is 9.65. The number of hydrogen-bond donors (Lipinski definition) is 1. The van der Waals surface area contributed by atoms with Crippen LogP contribution in [0, 0.1) is 6.92 Å². The van der Waals surface area contributed by atoms with Gasteiger partial charge in [-0.2, -0.15) is 18.3 Å². The Morgan fingerprint density at radius 2 is 1.84 bits per heavy atom. The summed E-state index contributed by atoms with van der Waals surface area (Å²) in [5.41, 5.74) is 1.18. The molecule has 0 spiro atoms. The van der Waals surface area contributed by atoms with Gasteiger partial charge in [0.15, 0.2) is 0 Å². The van der Waals surface area contributed by atoms with E-state index < -0.39 is 29.6 Å². The van der Waals surface area contributed by atoms with E-state index in [1.54, 1.807) is 9.58 Å². The molecule has 190 valence electrons. The van der Waals surface area contributed by atoms with E-state index in [0.29, 0.717) is 18.1 Å². The molecule has 6 nitrogen and oxygen atoms in total. The predicted molar refractivity (Wildman–Crippen MR) is 135 cm³/mol. The van der Waals surface area contributed by atoms with Gasteiger partial charge in [-0.3, -0.25) is 14.5 Å². The average Bonchev–Trinajstić information content (AvgIpc) is 3.53. The summed E-state index contributed by atoms with van der Waals surface area (Å²) in [5, 5.41) is 9.39. The molecule has 2 aromatic heterocycles. The van der Waals surface area contributed by atoms with Crippen molar-refractivity contribution in [3.05, 3.63) is 99.4 Å². The van der Waals surface area contributed by atoms with Gasteiger partial charge in [-0.05, 0) is 55.6 Å². The molecule has 2 atom stereocenters. The standard InChI is InChI=1S/C27H23F3N4O2S/c1-3-33-25-21(16(2)32-34(25)19-11-5-4-6-12-19)22(20-13-8-14-37-20)23(26(33)36)31-24(35)17-9-7-10-18(15-17)27(28,29)30/h4-15,22-23H,3H2,1-2H3,(H,31,35). The Bertz CT molecular complexity index is 1450. The zero-order valence-electron chi connectivity index (χ0n) is 20.0. The average molecular weight is 525 g/mol. The number of nitrogens with one attached hydrogen (secondary N) is 1. The molecule has 1 aliphatic heterocycles. The van der Waals surface area contributed by atoms with Crippen molar-refractivity contribution < 1.29 is 22.8 Å². The van der Waals surface area contributed by atoms with E-state index in [0.717, 1.165) is 28.3 Å². The normalized spacial score (nSPS) is 17.5. The maximum Gasteiger partial charge on any atom is 0.416 e. The minimum absolute atomic E-state index is 0.168. The van der Waals surface area contributed by atoms with Crippen LogP contribution in [0.1, 0.15) is 44.9 Å². The van der Waals surface area contributed by atoms with E-state index in [4.69, 9.17) is 5.10 Å². The minimum Gasteiger partial charge on any atom is -0.339 e. The van der Waals surface area contributed by atoms with Crippen LogP contribution in [-0.4, -0.2) is 34.2 Å². The molecule has 0 aliphatic carbocycles. The van der Waals surface area contributed by atoms with E-state index in [1.807, 2.05) is 61.7 Å². The van der Waals surface area contributed by atoms with Crippen molar-refractivity contribution in [3.63, 3.8) is 0 Å². The summed E-state index contributed by atoms with van der Waals surface area (Å²) in [4.78, 5) is 29.5. The lowest BCUT2D eigenvalue weighted by Crippen LogP contribution is -2.55. The van der Waals surface area contributed by atoms with Crippen molar-refractivity contribution in [2.75, 3.05) is 11.4 Å². The molecule has 0 bridgehead atoms. The summed E-state index contributed by atoms with van der Waals surface area (Å²) in [6.45, 7) is 4.00. The fraction of sp³-hybridized carbons (Fsp3) is 0.222. The maximum absolute atomic E-state index is 13.9. The van der Waals surface area contributed by atoms with E-state index >= 15 is 0 Å². The number of alkyl halides is 3. The van der Waals surface area contributed by atoms with Gasteiger partial charge in [0.25, 0.3) is 11.8 Å². The van der Waals surface area contributed by atoms with Crippen molar-refractivity contribution in [2.24, 2.45) is 0 Å². The molecule has 0 fully saturated rings. The van der Waals surface area contributed by atoms with Gasteiger partial charge in [-0.25, -0.2) is 4.68 Å². The van der Waals surface area contributed by atoms with Crippen molar-refractivity contribution in [1.82, 2.24) is 15.1 Å². The molecular weight excluding hydrogens is 501 g/mol. The summed E-state index contributed by atoms with van der Waals surface area (Å²) in [6, 6.07) is 16.4. The smallest absolute Gasteiger partial charge is 0.339 e. The number of para-hydroxylation sites is 1. The summed E-state index contributed by atoms with van der Waals surface area (Å²) in [6.07, 6.45) is -4.59. The second kappa shape index (κ2) is 9.51. The van der Waals surface area contributed by atoms with E-state index in [9.17, 15) is 22.8 Å². The van der Waals surface area contributed by atoms with Gasteiger partial charge in [0.05, 0.1) is 22.9 Å². The molecule has 37 heavy (non-hydrogen) atoms. The van der Waals surface area contributed by atoms with Crippen LogP contribution < -0.4 is 10.2 Å². The number of hydrogen-bond acceptors (Lipinski definition) is 4. The summed E-state index contributed by atoms with van der Waals surface area (Å²) >= 11 is 1.44. The number of carbonyl (C=O) groups excluding carboxylic acids is 2. The lowest BCUT2D eigenvalue weighted by molar-refractivity contribution is -0.137. The first-order valence-corrected chi connectivity index (χ1v) is 12.6. The zero-order chi connectivity index (χ0) is 26.3. The van der Waals surface area contributed by atoms with E-state index in [-0.39, 0.29) is 11.5 Å². The van der Waals surface area contributed by atoms with Gasteiger partial charge in [-0.15, -0.1) is 11.3 Å². The summed E-state index contributed by atoms with van der Waals surface area (Å²) < 4.78 is 41.5. The Balaban J connectivity index is 1.62. The van der Waals surface area contributed by atoms with Crippen LogP contribution in [0.25, 0.3) is 5.69 Å². The quantitative estimate of drug-likeness (QED) is 0.372. The summed E-state index contributed by atoms with van der Waals surface area (Å²) in [7, 11) is 0. The number of rotatable bonds is 5. The molecule has 2 unspecified atom stereocenters. The van der Waals surface area contributed by atoms with E-state index in [2.05, 4.69) is 5.32 Å². The Morgan fingerprint density at radius 1 is 1.08 bits per heavy atom. The van der Waals surface area contributed by atoms with Crippen molar-refractivity contribution in [3.8, 4) is 5.69 Å². The topological polar surface area (TPSA) is 67.2 Å². The highest BCUT2D eigenvalue weighted by molar-refractivity contribution is 7.10. The molecule has 3 heterocycles. The fourth-order valence-corrected chi connectivity index (χ4v) is 5.64. The number of fused-ring (bicyclic) bond motifs is 1. The van der Waals surface area contributed by atoms with Crippen LogP contribution in [0.2, 0.25) is 0 Å². The van der Waals surface area contributed by atoms with Crippen LogP contribution in [0.4, 0.5) is 19.0 Å². The molecule has 1 N–H and O–H groups in total. The molecule has 10 heteroatoms. The van der Waals surface area contributed by atoms with Gasteiger partial charge in [0.1, 0.15) is 11.9 Å². The first-order valence-electron chi connectivity index (χ1n) is 11.7. The van der Waals surface area contributed by atoms with Gasteiger partial charge < -0.3 is 5.32 Å². The Labute approximate surface area is 215 Å². The van der Waals surface area contributed by atoms with Crippen LogP contribution in [0.5, 0.6) is 0 Å². The van der Waals surface area contributed by atoms with Gasteiger partial charge >= 0.3 is 6.18 Å². The number of aryl methyl sites for hydroxylation is 1. The first-order chi connectivity index (χ1) is 17.7. The molecular formula is C27H23F3N4O2S. The van der Waals surface area contributed by atoms with Crippen LogP contribution >= 0.6 is 11.3 Å². The monoisotopic (exact) mass is 524 g/mol. The summed E-state index contributed by atoms with van der Waals surface area (Å²) in [5.74, 6) is -1.04. The molecule has 2 aromatic carbocycles. The molecule has 0 radical (unpaired) electrons. The number of nitrogens with zero attached hydrogens (tertiary/aromatic N) is 3. The Morgan fingerprint density at radius 3 is 2.49 bits per heavy atom. The molecule has 0 saturated heterocycles. The van der Waals surface area contributed by atoms with Crippen molar-refractivity contribution in [1.29, 1.82) is 0 Å². The first kappa shape index (κ1) is 24.8. The predicted octanol–water partition coefficient (Wildman–Crippen LogP) is 5.56. The highest BCUT2D eigenvalue weighted by atomic mass is 32.1. The Hall–Kier alpha value is -3.92. The van der Waals surface area contributed by atoms with Crippen LogP contribution in [-0.2, 0) is 11.0 Å².